The summed E-state index contributed by atoms with van der Waals surface area (Å²) in [5.41, 5.74) is 1.75. The fraction of sp³-hybridized carbons (Fsp3) is 0.333. The van der Waals surface area contributed by atoms with Crippen LogP contribution in [0.25, 0.3) is 0 Å². The Morgan fingerprint density at radius 2 is 2.00 bits per heavy atom. The van der Waals surface area contributed by atoms with Crippen molar-refractivity contribution < 1.29 is 9.53 Å². The normalized spacial score (nSPS) is 16.5. The minimum atomic E-state index is -0.113. The van der Waals surface area contributed by atoms with Gasteiger partial charge < -0.3 is 10.1 Å². The number of hydrogen-bond acceptors (Lipinski definition) is 4. The molecule has 2 aromatic rings. The lowest BCUT2D eigenvalue weighted by Crippen LogP contribution is -2.43. The number of rotatable bonds is 5. The predicted octanol–water partition coefficient (Wildman–Crippen LogP) is 2.65. The van der Waals surface area contributed by atoms with Gasteiger partial charge in [0.1, 0.15) is 0 Å². The van der Waals surface area contributed by atoms with E-state index in [9.17, 15) is 4.79 Å². The molecule has 0 spiro atoms. The van der Waals surface area contributed by atoms with E-state index in [-0.39, 0.29) is 11.9 Å². The molecule has 1 amide bonds. The maximum atomic E-state index is 12.4. The summed E-state index contributed by atoms with van der Waals surface area (Å²) in [5, 5.41) is 3.04. The Labute approximate surface area is 150 Å². The zero-order valence-electron chi connectivity index (χ0n) is 13.3. The van der Waals surface area contributed by atoms with E-state index in [1.807, 2.05) is 18.2 Å². The van der Waals surface area contributed by atoms with Gasteiger partial charge in [0.15, 0.2) is 0 Å². The molecule has 1 saturated heterocycles. The molecule has 1 fully saturated rings. The molecular weight excluding hydrogens is 370 g/mol. The Hall–Kier alpha value is -1.76. The lowest BCUT2D eigenvalue weighted by Gasteiger charge is -2.34. The topological polar surface area (TPSA) is 54.5 Å². The molecule has 24 heavy (non-hydrogen) atoms. The highest BCUT2D eigenvalue weighted by atomic mass is 79.9. The summed E-state index contributed by atoms with van der Waals surface area (Å²) >= 11 is 3.35. The van der Waals surface area contributed by atoms with E-state index in [0.717, 1.165) is 30.8 Å². The van der Waals surface area contributed by atoms with Gasteiger partial charge >= 0.3 is 0 Å². The van der Waals surface area contributed by atoms with Gasteiger partial charge in [0.05, 0.1) is 24.8 Å². The van der Waals surface area contributed by atoms with Gasteiger partial charge in [-0.3, -0.25) is 14.7 Å². The fourth-order valence-corrected chi connectivity index (χ4v) is 3.21. The first kappa shape index (κ1) is 17.1. The number of amides is 1. The first-order valence-electron chi connectivity index (χ1n) is 7.99. The summed E-state index contributed by atoms with van der Waals surface area (Å²) in [6.45, 7) is 3.75. The van der Waals surface area contributed by atoms with Gasteiger partial charge in [-0.05, 0) is 27.6 Å². The van der Waals surface area contributed by atoms with Crippen molar-refractivity contribution in [1.82, 2.24) is 15.2 Å². The molecule has 0 saturated carbocycles. The Kier molecular flexibility index (Phi) is 5.96. The average molecular weight is 390 g/mol. The summed E-state index contributed by atoms with van der Waals surface area (Å²) in [6.07, 6.45) is 3.24. The number of pyridine rings is 1. The van der Waals surface area contributed by atoms with Crippen molar-refractivity contribution in [2.24, 2.45) is 0 Å². The van der Waals surface area contributed by atoms with Gasteiger partial charge in [0, 0.05) is 36.5 Å². The second-order valence-electron chi connectivity index (χ2n) is 5.68. The van der Waals surface area contributed by atoms with Crippen molar-refractivity contribution in [3.63, 3.8) is 0 Å². The van der Waals surface area contributed by atoms with E-state index >= 15 is 0 Å². The molecule has 5 nitrogen and oxygen atoms in total. The molecule has 0 bridgehead atoms. The van der Waals surface area contributed by atoms with Crippen LogP contribution in [0, 0.1) is 0 Å². The van der Waals surface area contributed by atoms with Crippen LogP contribution in [0.5, 0.6) is 0 Å². The Morgan fingerprint density at radius 3 is 2.71 bits per heavy atom. The van der Waals surface area contributed by atoms with Crippen LogP contribution in [0.3, 0.4) is 0 Å². The van der Waals surface area contributed by atoms with E-state index in [1.165, 1.54) is 5.56 Å². The van der Waals surface area contributed by atoms with Crippen LogP contribution in [0.1, 0.15) is 22.0 Å². The number of ether oxygens (including phenoxy) is 1. The number of carbonyl (C=O) groups excluding carboxylic acids is 1. The number of benzene rings is 1. The second-order valence-corrected chi connectivity index (χ2v) is 6.59. The van der Waals surface area contributed by atoms with Crippen LogP contribution in [0.2, 0.25) is 0 Å². The van der Waals surface area contributed by atoms with E-state index in [2.05, 4.69) is 43.3 Å². The third kappa shape index (κ3) is 4.41. The number of hydrogen-bond donors (Lipinski definition) is 1. The first-order valence-corrected chi connectivity index (χ1v) is 8.79. The smallest absolute Gasteiger partial charge is 0.252 e. The number of nitrogens with zero attached hydrogens (tertiary/aromatic N) is 2. The highest BCUT2D eigenvalue weighted by Crippen LogP contribution is 2.21. The molecule has 2 heterocycles. The summed E-state index contributed by atoms with van der Waals surface area (Å²) in [4.78, 5) is 18.8. The van der Waals surface area contributed by atoms with Crippen molar-refractivity contribution in [2.45, 2.75) is 6.04 Å². The molecule has 126 valence electrons. The van der Waals surface area contributed by atoms with E-state index in [0.29, 0.717) is 12.1 Å². The Morgan fingerprint density at radius 1 is 1.25 bits per heavy atom. The predicted molar refractivity (Wildman–Crippen MR) is 95.8 cm³/mol. The molecule has 1 atom stereocenters. The minimum Gasteiger partial charge on any atom is -0.379 e. The second kappa shape index (κ2) is 8.37. The molecule has 1 aliphatic rings. The molecule has 6 heteroatoms. The number of aromatic nitrogens is 1. The molecule has 3 rings (SSSR count). The van der Waals surface area contributed by atoms with Crippen molar-refractivity contribution in [3.8, 4) is 0 Å². The molecule has 1 aromatic carbocycles. The Bertz CT molecular complexity index is 675. The Balaban J connectivity index is 1.71. The van der Waals surface area contributed by atoms with Crippen LogP contribution in [-0.2, 0) is 4.74 Å². The zero-order valence-corrected chi connectivity index (χ0v) is 14.9. The van der Waals surface area contributed by atoms with Gasteiger partial charge in [-0.15, -0.1) is 0 Å². The van der Waals surface area contributed by atoms with Crippen molar-refractivity contribution >= 4 is 21.8 Å². The summed E-state index contributed by atoms with van der Waals surface area (Å²) in [5.74, 6) is -0.113. The van der Waals surface area contributed by atoms with Crippen LogP contribution in [0.4, 0.5) is 0 Å². The molecule has 1 aliphatic heterocycles. The minimum absolute atomic E-state index is 0.113. The molecule has 0 radical (unpaired) electrons. The van der Waals surface area contributed by atoms with Crippen LogP contribution >= 0.6 is 15.9 Å². The van der Waals surface area contributed by atoms with Gasteiger partial charge in [-0.1, -0.05) is 30.3 Å². The third-order valence-corrected chi connectivity index (χ3v) is 4.53. The number of morpholine rings is 1. The fourth-order valence-electron chi connectivity index (χ4n) is 2.85. The molecule has 1 aromatic heterocycles. The summed E-state index contributed by atoms with van der Waals surface area (Å²) in [7, 11) is 0. The van der Waals surface area contributed by atoms with Crippen LogP contribution in [-0.4, -0.2) is 48.6 Å². The highest BCUT2D eigenvalue weighted by Gasteiger charge is 2.23. The largest absolute Gasteiger partial charge is 0.379 e. The molecule has 0 aliphatic carbocycles. The quantitative estimate of drug-likeness (QED) is 0.853. The number of nitrogens with one attached hydrogen (secondary N) is 1. The van der Waals surface area contributed by atoms with Gasteiger partial charge in [0.25, 0.3) is 5.91 Å². The monoisotopic (exact) mass is 389 g/mol. The SMILES string of the molecule is O=C(NCC(c1ccccc1)N1CCOCC1)c1cncc(Br)c1. The number of carbonyl (C=O) groups is 1. The summed E-state index contributed by atoms with van der Waals surface area (Å²) < 4.78 is 6.25. The average Bonchev–Trinajstić information content (AvgIpc) is 2.63. The van der Waals surface area contributed by atoms with Crippen molar-refractivity contribution in [2.75, 3.05) is 32.8 Å². The van der Waals surface area contributed by atoms with Gasteiger partial charge in [-0.25, -0.2) is 0 Å². The number of halogens is 1. The van der Waals surface area contributed by atoms with E-state index < -0.39 is 0 Å². The van der Waals surface area contributed by atoms with Crippen LogP contribution in [0.15, 0.2) is 53.3 Å². The third-order valence-electron chi connectivity index (χ3n) is 4.09. The first-order chi connectivity index (χ1) is 11.7. The standard InChI is InChI=1S/C18H20BrN3O2/c19-16-10-15(11-20-12-16)18(23)21-13-17(14-4-2-1-3-5-14)22-6-8-24-9-7-22/h1-5,10-12,17H,6-9,13H2,(H,21,23). The van der Waals surface area contributed by atoms with Crippen molar-refractivity contribution in [1.29, 1.82) is 0 Å². The summed E-state index contributed by atoms with van der Waals surface area (Å²) in [6, 6.07) is 12.2. The zero-order chi connectivity index (χ0) is 16.8. The van der Waals surface area contributed by atoms with E-state index in [1.54, 1.807) is 18.5 Å². The molecule has 1 unspecified atom stereocenters. The van der Waals surface area contributed by atoms with Gasteiger partial charge in [0.2, 0.25) is 0 Å². The maximum Gasteiger partial charge on any atom is 0.252 e. The maximum absolute atomic E-state index is 12.4. The van der Waals surface area contributed by atoms with Crippen molar-refractivity contribution in [3.05, 3.63) is 64.4 Å². The lowest BCUT2D eigenvalue weighted by molar-refractivity contribution is 0.0162. The van der Waals surface area contributed by atoms with E-state index in [4.69, 9.17) is 4.74 Å². The molecular formula is C18H20BrN3O2. The molecule has 1 N–H and O–H groups in total. The lowest BCUT2D eigenvalue weighted by atomic mass is 10.0. The van der Waals surface area contributed by atoms with Gasteiger partial charge in [-0.2, -0.15) is 0 Å². The van der Waals surface area contributed by atoms with Crippen LogP contribution < -0.4 is 5.32 Å². The highest BCUT2D eigenvalue weighted by molar-refractivity contribution is 9.10.